The van der Waals surface area contributed by atoms with Crippen LogP contribution in [0.4, 0.5) is 0 Å². The van der Waals surface area contributed by atoms with Gasteiger partial charge in [-0.25, -0.2) is 0 Å². The van der Waals surface area contributed by atoms with Gasteiger partial charge >= 0.3 is 0 Å². The summed E-state index contributed by atoms with van der Waals surface area (Å²) in [5.41, 5.74) is 2.14. The first-order valence-electron chi connectivity index (χ1n) is 7.56. The Bertz CT molecular complexity index is 708. The number of hydrogen-bond acceptors (Lipinski definition) is 3. The summed E-state index contributed by atoms with van der Waals surface area (Å²) in [6.07, 6.45) is 1.14. The van der Waals surface area contributed by atoms with E-state index in [2.05, 4.69) is 23.3 Å². The van der Waals surface area contributed by atoms with E-state index in [0.717, 1.165) is 5.56 Å². The molecule has 1 unspecified atom stereocenters. The van der Waals surface area contributed by atoms with E-state index in [9.17, 15) is 14.9 Å². The van der Waals surface area contributed by atoms with Gasteiger partial charge in [0.15, 0.2) is 0 Å². The maximum Gasteiger partial charge on any atom is 0.253 e. The number of carbonyl (C=O) groups excluding carboxylic acids is 2. The average molecular weight is 311 g/mol. The molecule has 0 spiro atoms. The third kappa shape index (κ3) is 3.78. The predicted octanol–water partition coefficient (Wildman–Crippen LogP) is 2.38. The van der Waals surface area contributed by atoms with Gasteiger partial charge in [-0.1, -0.05) is 33.4 Å². The molecule has 0 radical (unpaired) electrons. The lowest BCUT2D eigenvalue weighted by molar-refractivity contribution is -0.123. The highest BCUT2D eigenvalue weighted by Crippen LogP contribution is 2.24. The molecule has 1 saturated heterocycles. The SMILES string of the molecule is C=C1CCC(NC(=O)c2ccc(C(C)(C)C)cc2C#N)C(=O)N1. The van der Waals surface area contributed by atoms with Crippen molar-refractivity contribution < 1.29 is 9.59 Å². The lowest BCUT2D eigenvalue weighted by Gasteiger charge is -2.24. The van der Waals surface area contributed by atoms with Gasteiger partial charge in [0.25, 0.3) is 5.91 Å². The fourth-order valence-electron chi connectivity index (χ4n) is 2.45. The number of allylic oxidation sites excluding steroid dienone is 1. The highest BCUT2D eigenvalue weighted by atomic mass is 16.2. The number of nitrogens with zero attached hydrogens (tertiary/aromatic N) is 1. The van der Waals surface area contributed by atoms with Gasteiger partial charge in [0.2, 0.25) is 5.91 Å². The van der Waals surface area contributed by atoms with E-state index in [-0.39, 0.29) is 16.9 Å². The zero-order valence-corrected chi connectivity index (χ0v) is 13.7. The second-order valence-electron chi connectivity index (χ2n) is 6.78. The topological polar surface area (TPSA) is 82.0 Å². The largest absolute Gasteiger partial charge is 0.340 e. The van der Waals surface area contributed by atoms with E-state index in [1.165, 1.54) is 0 Å². The fourth-order valence-corrected chi connectivity index (χ4v) is 2.45. The summed E-state index contributed by atoms with van der Waals surface area (Å²) in [5.74, 6) is -0.672. The van der Waals surface area contributed by atoms with Crippen molar-refractivity contribution in [1.29, 1.82) is 5.26 Å². The van der Waals surface area contributed by atoms with E-state index in [4.69, 9.17) is 0 Å². The number of hydrogen-bond donors (Lipinski definition) is 2. The number of amides is 2. The van der Waals surface area contributed by atoms with Gasteiger partial charge in [0.1, 0.15) is 6.04 Å². The van der Waals surface area contributed by atoms with Crippen molar-refractivity contribution >= 4 is 11.8 Å². The Morgan fingerprint density at radius 3 is 2.70 bits per heavy atom. The molecule has 0 bridgehead atoms. The monoisotopic (exact) mass is 311 g/mol. The molecule has 1 aliphatic rings. The third-order valence-corrected chi connectivity index (χ3v) is 3.91. The Balaban J connectivity index is 2.21. The molecule has 0 aromatic heterocycles. The quantitative estimate of drug-likeness (QED) is 0.879. The molecule has 120 valence electrons. The van der Waals surface area contributed by atoms with Crippen LogP contribution in [0.5, 0.6) is 0 Å². The van der Waals surface area contributed by atoms with Crippen LogP contribution < -0.4 is 10.6 Å². The number of benzene rings is 1. The van der Waals surface area contributed by atoms with E-state index < -0.39 is 11.9 Å². The van der Waals surface area contributed by atoms with Crippen LogP contribution in [-0.4, -0.2) is 17.9 Å². The highest BCUT2D eigenvalue weighted by molar-refractivity contribution is 5.99. The number of carbonyl (C=O) groups is 2. The lowest BCUT2D eigenvalue weighted by atomic mass is 9.85. The Morgan fingerprint density at radius 2 is 2.13 bits per heavy atom. The minimum Gasteiger partial charge on any atom is -0.340 e. The van der Waals surface area contributed by atoms with Crippen LogP contribution in [0.3, 0.4) is 0 Å². The summed E-state index contributed by atoms with van der Waals surface area (Å²) in [7, 11) is 0. The van der Waals surface area contributed by atoms with E-state index >= 15 is 0 Å². The second kappa shape index (κ2) is 6.25. The zero-order chi connectivity index (χ0) is 17.2. The van der Waals surface area contributed by atoms with Crippen molar-refractivity contribution in [3.05, 3.63) is 47.2 Å². The first-order chi connectivity index (χ1) is 10.7. The van der Waals surface area contributed by atoms with Crippen LogP contribution in [0.1, 0.15) is 55.1 Å². The minimum absolute atomic E-state index is 0.107. The first-order valence-corrected chi connectivity index (χ1v) is 7.56. The van der Waals surface area contributed by atoms with Gasteiger partial charge in [-0.3, -0.25) is 9.59 Å². The van der Waals surface area contributed by atoms with Crippen LogP contribution in [-0.2, 0) is 10.2 Å². The van der Waals surface area contributed by atoms with Gasteiger partial charge < -0.3 is 10.6 Å². The Kier molecular flexibility index (Phi) is 4.55. The molecule has 1 fully saturated rings. The van der Waals surface area contributed by atoms with E-state index in [1.807, 2.05) is 26.8 Å². The lowest BCUT2D eigenvalue weighted by Crippen LogP contribution is -2.49. The van der Waals surface area contributed by atoms with Crippen LogP contribution in [0.2, 0.25) is 0 Å². The molecule has 1 aromatic carbocycles. The van der Waals surface area contributed by atoms with Gasteiger partial charge in [0, 0.05) is 5.70 Å². The van der Waals surface area contributed by atoms with E-state index in [0.29, 0.717) is 24.1 Å². The molecule has 2 N–H and O–H groups in total. The molecule has 5 heteroatoms. The maximum atomic E-state index is 12.4. The molecular formula is C18H21N3O2. The molecule has 5 nitrogen and oxygen atoms in total. The molecule has 2 rings (SSSR count). The zero-order valence-electron chi connectivity index (χ0n) is 13.7. The van der Waals surface area contributed by atoms with Crippen molar-refractivity contribution in [2.45, 2.75) is 45.1 Å². The number of piperidine rings is 1. The van der Waals surface area contributed by atoms with Crippen molar-refractivity contribution in [2.75, 3.05) is 0 Å². The number of nitriles is 1. The number of nitrogens with one attached hydrogen (secondary N) is 2. The van der Waals surface area contributed by atoms with Crippen molar-refractivity contribution in [3.8, 4) is 6.07 Å². The molecule has 1 heterocycles. The Labute approximate surface area is 136 Å². The third-order valence-electron chi connectivity index (χ3n) is 3.91. The summed E-state index contributed by atoms with van der Waals surface area (Å²) in [6.45, 7) is 9.84. The fraction of sp³-hybridized carbons (Fsp3) is 0.389. The van der Waals surface area contributed by atoms with Crippen molar-refractivity contribution in [2.24, 2.45) is 0 Å². The normalized spacial score (nSPS) is 18.1. The summed E-state index contributed by atoms with van der Waals surface area (Å²) in [4.78, 5) is 24.3. The first kappa shape index (κ1) is 16.8. The maximum absolute atomic E-state index is 12.4. The molecule has 1 aromatic rings. The average Bonchev–Trinajstić information content (AvgIpc) is 2.48. The summed E-state index contributed by atoms with van der Waals surface area (Å²) >= 11 is 0. The summed E-state index contributed by atoms with van der Waals surface area (Å²) in [5, 5.41) is 14.7. The molecule has 0 aliphatic carbocycles. The molecular weight excluding hydrogens is 290 g/mol. The molecule has 2 amide bonds. The highest BCUT2D eigenvalue weighted by Gasteiger charge is 2.27. The van der Waals surface area contributed by atoms with Gasteiger partial charge in [0.05, 0.1) is 17.2 Å². The van der Waals surface area contributed by atoms with Crippen LogP contribution in [0, 0.1) is 11.3 Å². The van der Waals surface area contributed by atoms with Gasteiger partial charge in [-0.15, -0.1) is 0 Å². The van der Waals surface area contributed by atoms with E-state index in [1.54, 1.807) is 12.1 Å². The molecule has 1 atom stereocenters. The van der Waals surface area contributed by atoms with Gasteiger partial charge in [-0.05, 0) is 36.0 Å². The number of rotatable bonds is 2. The molecule has 23 heavy (non-hydrogen) atoms. The minimum atomic E-state index is -0.596. The predicted molar refractivity (Wildman–Crippen MR) is 87.6 cm³/mol. The van der Waals surface area contributed by atoms with Crippen molar-refractivity contribution in [3.63, 3.8) is 0 Å². The van der Waals surface area contributed by atoms with Crippen LogP contribution in [0.15, 0.2) is 30.5 Å². The summed E-state index contributed by atoms with van der Waals surface area (Å²) < 4.78 is 0. The summed E-state index contributed by atoms with van der Waals surface area (Å²) in [6, 6.07) is 6.70. The smallest absolute Gasteiger partial charge is 0.253 e. The van der Waals surface area contributed by atoms with Crippen LogP contribution in [0.25, 0.3) is 0 Å². The molecule has 0 saturated carbocycles. The molecule has 1 aliphatic heterocycles. The van der Waals surface area contributed by atoms with Gasteiger partial charge in [-0.2, -0.15) is 5.26 Å². The second-order valence-corrected chi connectivity index (χ2v) is 6.78. The van der Waals surface area contributed by atoms with Crippen LogP contribution >= 0.6 is 0 Å². The van der Waals surface area contributed by atoms with Crippen molar-refractivity contribution in [1.82, 2.24) is 10.6 Å². The standard InChI is InChI=1S/C18H21N3O2/c1-11-5-8-15(17(23)20-11)21-16(22)14-7-6-13(18(2,3)4)9-12(14)10-19/h6-7,9,15H,1,5,8H2,2-4H3,(H,20,23)(H,21,22). The Hall–Kier alpha value is -2.61. The Morgan fingerprint density at radius 1 is 1.43 bits per heavy atom.